The molecule has 1 saturated heterocycles. The van der Waals surface area contributed by atoms with E-state index in [-0.39, 0.29) is 29.6 Å². The molecule has 50 heavy (non-hydrogen) atoms. The Labute approximate surface area is 298 Å². The third-order valence-electron chi connectivity index (χ3n) is 9.46. The van der Waals surface area contributed by atoms with E-state index >= 15 is 0 Å². The second kappa shape index (κ2) is 17.7. The molecular formula is C41H45N5O3S. The van der Waals surface area contributed by atoms with Crippen LogP contribution in [0.2, 0.25) is 0 Å². The van der Waals surface area contributed by atoms with E-state index in [2.05, 4.69) is 69.0 Å². The summed E-state index contributed by atoms with van der Waals surface area (Å²) in [5.41, 5.74) is 4.05. The van der Waals surface area contributed by atoms with Crippen molar-refractivity contribution in [3.63, 3.8) is 0 Å². The summed E-state index contributed by atoms with van der Waals surface area (Å²) < 4.78 is 1.03. The van der Waals surface area contributed by atoms with Gasteiger partial charge >= 0.3 is 6.03 Å². The van der Waals surface area contributed by atoms with Crippen LogP contribution in [0, 0.1) is 5.92 Å². The van der Waals surface area contributed by atoms with Gasteiger partial charge in [-0.05, 0) is 68.5 Å². The Kier molecular flexibility index (Phi) is 12.4. The van der Waals surface area contributed by atoms with Crippen molar-refractivity contribution in [1.82, 2.24) is 20.1 Å². The first-order valence-corrected chi connectivity index (χ1v) is 18.4. The highest BCUT2D eigenvalue weighted by atomic mass is 32.1. The Morgan fingerprint density at radius 1 is 0.780 bits per heavy atom. The molecule has 6 rings (SSSR count). The van der Waals surface area contributed by atoms with Crippen molar-refractivity contribution in [3.8, 4) is 0 Å². The normalized spacial score (nSPS) is 13.7. The highest BCUT2D eigenvalue weighted by molar-refractivity contribution is 7.22. The summed E-state index contributed by atoms with van der Waals surface area (Å²) in [6.07, 6.45) is 3.79. The lowest BCUT2D eigenvalue weighted by molar-refractivity contribution is -0.126. The van der Waals surface area contributed by atoms with Crippen LogP contribution in [0.3, 0.4) is 0 Å². The maximum absolute atomic E-state index is 13.7. The highest BCUT2D eigenvalue weighted by Gasteiger charge is 2.26. The number of nitrogens with zero attached hydrogens (tertiary/aromatic N) is 3. The second-order valence-corrected chi connectivity index (χ2v) is 13.9. The van der Waals surface area contributed by atoms with E-state index in [1.807, 2.05) is 71.6 Å². The second-order valence-electron chi connectivity index (χ2n) is 12.9. The van der Waals surface area contributed by atoms with E-state index < -0.39 is 0 Å². The Hall–Kier alpha value is -4.86. The fourth-order valence-corrected chi connectivity index (χ4v) is 7.50. The lowest BCUT2D eigenvalue weighted by Crippen LogP contribution is -2.42. The van der Waals surface area contributed by atoms with Crippen LogP contribution in [0.15, 0.2) is 115 Å². The van der Waals surface area contributed by atoms with Gasteiger partial charge in [0.1, 0.15) is 0 Å². The molecule has 0 spiro atoms. The molecule has 0 saturated carbocycles. The number of likely N-dealkylation sites (tertiary alicyclic amines) is 1. The van der Waals surface area contributed by atoms with Gasteiger partial charge in [0.25, 0.3) is 0 Å². The minimum absolute atomic E-state index is 0.0398. The standard InChI is InChI=1S/C41H45N5O3S/c47-37(33-18-8-3-9-19-33)30-45-27-22-34(23-28-45)39(48)42-25-12-13-26-46(41(49)44-40-43-36-20-10-11-21-38(36)50-40)29-24-35(31-14-4-1-5-15-31)32-16-6-2-7-17-32/h1-11,14-21,34-35H,12-13,22-30H2,(H,42,48)(H,43,44,49). The summed E-state index contributed by atoms with van der Waals surface area (Å²) in [5.74, 6) is 0.310. The monoisotopic (exact) mass is 687 g/mol. The number of para-hydroxylation sites is 1. The minimum Gasteiger partial charge on any atom is -0.356 e. The summed E-state index contributed by atoms with van der Waals surface area (Å²) in [4.78, 5) is 48.0. The summed E-state index contributed by atoms with van der Waals surface area (Å²) >= 11 is 1.47. The van der Waals surface area contributed by atoms with Gasteiger partial charge in [-0.3, -0.25) is 19.8 Å². The van der Waals surface area contributed by atoms with Gasteiger partial charge in [-0.1, -0.05) is 114 Å². The molecule has 0 atom stereocenters. The number of anilines is 1. The molecule has 8 nitrogen and oxygen atoms in total. The van der Waals surface area contributed by atoms with Crippen LogP contribution in [0.1, 0.15) is 59.5 Å². The van der Waals surface area contributed by atoms with Gasteiger partial charge in [0.05, 0.1) is 16.8 Å². The zero-order valence-electron chi connectivity index (χ0n) is 28.4. The molecule has 9 heteroatoms. The molecule has 5 aromatic rings. The predicted octanol–water partition coefficient (Wildman–Crippen LogP) is 7.84. The van der Waals surface area contributed by atoms with Gasteiger partial charge in [-0.15, -0.1) is 0 Å². The van der Waals surface area contributed by atoms with E-state index in [4.69, 9.17) is 0 Å². The van der Waals surface area contributed by atoms with Crippen LogP contribution in [0.25, 0.3) is 10.2 Å². The molecule has 1 aliphatic rings. The van der Waals surface area contributed by atoms with Crippen molar-refractivity contribution in [1.29, 1.82) is 0 Å². The number of carbonyl (C=O) groups is 3. The SMILES string of the molecule is O=C(CN1CCC(C(=O)NCCCCN(CCC(c2ccccc2)c2ccccc2)C(=O)Nc2nc3ccccc3s2)CC1)c1ccccc1. The molecule has 0 aliphatic carbocycles. The number of rotatable bonds is 15. The van der Waals surface area contributed by atoms with Crippen molar-refractivity contribution in [2.75, 3.05) is 44.6 Å². The van der Waals surface area contributed by atoms with Gasteiger partial charge in [-0.25, -0.2) is 9.78 Å². The number of fused-ring (bicyclic) bond motifs is 1. The lowest BCUT2D eigenvalue weighted by Gasteiger charge is -2.30. The summed E-state index contributed by atoms with van der Waals surface area (Å²) in [7, 11) is 0. The zero-order chi connectivity index (χ0) is 34.5. The molecule has 3 amide bonds. The third kappa shape index (κ3) is 9.64. The van der Waals surface area contributed by atoms with E-state index in [0.717, 1.165) is 61.0 Å². The van der Waals surface area contributed by atoms with Crippen LogP contribution in [0.5, 0.6) is 0 Å². The number of hydrogen-bond donors (Lipinski definition) is 2. The Morgan fingerprint density at radius 3 is 2.06 bits per heavy atom. The topological polar surface area (TPSA) is 94.6 Å². The number of nitrogens with one attached hydrogen (secondary N) is 2. The number of thiazole rings is 1. The van der Waals surface area contributed by atoms with Crippen LogP contribution in [-0.2, 0) is 4.79 Å². The summed E-state index contributed by atoms with van der Waals surface area (Å²) in [6, 6.07) is 38.0. The predicted molar refractivity (Wildman–Crippen MR) is 202 cm³/mol. The number of carbonyl (C=O) groups excluding carboxylic acids is 3. The van der Waals surface area contributed by atoms with E-state index in [0.29, 0.717) is 31.3 Å². The quantitative estimate of drug-likeness (QED) is 0.0864. The number of amides is 3. The molecule has 258 valence electrons. The van der Waals surface area contributed by atoms with Crippen LogP contribution in [-0.4, -0.2) is 71.8 Å². The van der Waals surface area contributed by atoms with Gasteiger partial charge in [0.15, 0.2) is 10.9 Å². The van der Waals surface area contributed by atoms with Crippen molar-refractivity contribution in [3.05, 3.63) is 132 Å². The maximum atomic E-state index is 13.7. The van der Waals surface area contributed by atoms with Crippen LogP contribution >= 0.6 is 11.3 Å². The van der Waals surface area contributed by atoms with Crippen molar-refractivity contribution in [2.45, 2.75) is 38.0 Å². The molecule has 1 aromatic heterocycles. The zero-order valence-corrected chi connectivity index (χ0v) is 29.2. The molecule has 2 heterocycles. The van der Waals surface area contributed by atoms with Gasteiger partial charge in [0.2, 0.25) is 5.91 Å². The Morgan fingerprint density at radius 2 is 1.40 bits per heavy atom. The molecular weight excluding hydrogens is 643 g/mol. The molecule has 0 bridgehead atoms. The van der Waals surface area contributed by atoms with E-state index in [1.165, 1.54) is 22.5 Å². The largest absolute Gasteiger partial charge is 0.356 e. The number of unbranched alkanes of at least 4 members (excludes halogenated alkanes) is 1. The molecule has 4 aromatic carbocycles. The third-order valence-corrected chi connectivity index (χ3v) is 10.4. The maximum Gasteiger partial charge on any atom is 0.323 e. The minimum atomic E-state index is -0.162. The fourth-order valence-electron chi connectivity index (χ4n) is 6.65. The molecule has 0 radical (unpaired) electrons. The Bertz CT molecular complexity index is 1750. The van der Waals surface area contributed by atoms with Gasteiger partial charge in [-0.2, -0.15) is 0 Å². The Balaban J connectivity index is 1.01. The van der Waals surface area contributed by atoms with Gasteiger partial charge in [0, 0.05) is 37.0 Å². The van der Waals surface area contributed by atoms with Crippen LogP contribution in [0.4, 0.5) is 9.93 Å². The average Bonchev–Trinajstić information content (AvgIpc) is 3.57. The fraction of sp³-hybridized carbons (Fsp3) is 0.317. The first-order chi connectivity index (χ1) is 24.5. The average molecular weight is 688 g/mol. The molecule has 2 N–H and O–H groups in total. The van der Waals surface area contributed by atoms with Crippen molar-refractivity contribution >= 4 is 44.4 Å². The number of aromatic nitrogens is 1. The van der Waals surface area contributed by atoms with Crippen molar-refractivity contribution < 1.29 is 14.4 Å². The van der Waals surface area contributed by atoms with Gasteiger partial charge < -0.3 is 10.2 Å². The van der Waals surface area contributed by atoms with Crippen LogP contribution < -0.4 is 10.6 Å². The molecule has 1 aliphatic heterocycles. The first-order valence-electron chi connectivity index (χ1n) is 17.6. The number of benzene rings is 4. The number of urea groups is 1. The molecule has 0 unspecified atom stereocenters. The van der Waals surface area contributed by atoms with E-state index in [1.54, 1.807) is 0 Å². The summed E-state index contributed by atoms with van der Waals surface area (Å²) in [6.45, 7) is 3.57. The summed E-state index contributed by atoms with van der Waals surface area (Å²) in [5, 5.41) is 6.78. The van der Waals surface area contributed by atoms with Crippen molar-refractivity contribution in [2.24, 2.45) is 5.92 Å². The molecule has 1 fully saturated rings. The number of Topliss-reactive ketones (excluding diaryl/α,β-unsaturated/α-hetero) is 1. The smallest absolute Gasteiger partial charge is 0.323 e. The number of hydrogen-bond acceptors (Lipinski definition) is 6. The number of piperidine rings is 1. The first kappa shape index (κ1) is 35.0. The van der Waals surface area contributed by atoms with E-state index in [9.17, 15) is 14.4 Å². The lowest BCUT2D eigenvalue weighted by atomic mass is 9.88. The number of ketones is 1. The highest BCUT2D eigenvalue weighted by Crippen LogP contribution is 2.29.